The van der Waals surface area contributed by atoms with Crippen LogP contribution >= 0.6 is 0 Å². The third kappa shape index (κ3) is 4.82. The molecule has 0 saturated carbocycles. The minimum absolute atomic E-state index is 0.617. The summed E-state index contributed by atoms with van der Waals surface area (Å²) in [5.74, 6) is 0. The lowest BCUT2D eigenvalue weighted by molar-refractivity contribution is 0.356. The van der Waals surface area contributed by atoms with Crippen molar-refractivity contribution in [3.63, 3.8) is 0 Å². The Morgan fingerprint density at radius 3 is 2.23 bits per heavy atom. The first-order valence-corrected chi connectivity index (χ1v) is 9.39. The van der Waals surface area contributed by atoms with Gasteiger partial charge in [-0.3, -0.25) is 0 Å². The molecular weight excluding hydrogens is 176 g/mol. The van der Waals surface area contributed by atoms with Crippen molar-refractivity contribution in [1.82, 2.24) is 0 Å². The maximum Gasteiger partial charge on any atom is 0.0841 e. The Bertz CT molecular complexity index is 151. The van der Waals surface area contributed by atoms with Crippen LogP contribution in [0.5, 0.6) is 0 Å². The highest BCUT2D eigenvalue weighted by molar-refractivity contribution is 6.76. The van der Waals surface area contributed by atoms with Crippen molar-refractivity contribution < 1.29 is 4.74 Å². The molecular formula is C11H24OSi. The van der Waals surface area contributed by atoms with Crippen LogP contribution in [0, 0.1) is 0 Å². The summed E-state index contributed by atoms with van der Waals surface area (Å²) >= 11 is 0. The van der Waals surface area contributed by atoms with Crippen LogP contribution in [0.2, 0.25) is 25.7 Å². The number of hydrogen-bond acceptors (Lipinski definition) is 1. The molecule has 0 aromatic rings. The molecule has 2 heteroatoms. The normalized spacial score (nSPS) is 27.7. The Kier molecular flexibility index (Phi) is 3.99. The fourth-order valence-electron chi connectivity index (χ4n) is 1.79. The maximum absolute atomic E-state index is 5.51. The Hall–Kier alpha value is 0.177. The summed E-state index contributed by atoms with van der Waals surface area (Å²) in [6.07, 6.45) is 6.57. The van der Waals surface area contributed by atoms with Crippen molar-refractivity contribution in [2.24, 2.45) is 0 Å². The summed E-state index contributed by atoms with van der Waals surface area (Å²) in [6.45, 7) is 9.58. The molecule has 13 heavy (non-hydrogen) atoms. The minimum Gasteiger partial charge on any atom is -0.370 e. The fourth-order valence-corrected chi connectivity index (χ4v) is 3.10. The molecule has 78 valence electrons. The van der Waals surface area contributed by atoms with E-state index in [9.17, 15) is 0 Å². The van der Waals surface area contributed by atoms with E-state index in [-0.39, 0.29) is 0 Å². The molecule has 0 aromatic heterocycles. The van der Waals surface area contributed by atoms with E-state index in [1.165, 1.54) is 31.7 Å². The number of hydrogen-bond donors (Lipinski definition) is 0. The molecule has 1 aliphatic heterocycles. The van der Waals surface area contributed by atoms with Gasteiger partial charge in [0.15, 0.2) is 0 Å². The molecule has 1 rings (SSSR count). The summed E-state index contributed by atoms with van der Waals surface area (Å²) in [6, 6.07) is 1.48. The third-order valence-corrected chi connectivity index (χ3v) is 4.61. The van der Waals surface area contributed by atoms with Crippen molar-refractivity contribution in [2.45, 2.75) is 70.5 Å². The molecule has 0 amide bonds. The Labute approximate surface area is 83.9 Å². The summed E-state index contributed by atoms with van der Waals surface area (Å²) in [7, 11) is -0.775. The molecule has 1 heterocycles. The molecule has 2 atom stereocenters. The van der Waals surface area contributed by atoms with Crippen LogP contribution < -0.4 is 0 Å². The SMILES string of the molecule is CCC1OC1CCCC[Si](C)(C)C. The minimum atomic E-state index is -0.775. The van der Waals surface area contributed by atoms with Gasteiger partial charge in [0, 0.05) is 8.07 Å². The standard InChI is InChI=1S/C11H24OSi/c1-5-10-11(12-10)8-6-7-9-13(2,3)4/h10-11H,5-9H2,1-4H3. The molecule has 1 saturated heterocycles. The largest absolute Gasteiger partial charge is 0.370 e. The highest BCUT2D eigenvalue weighted by Crippen LogP contribution is 2.30. The second-order valence-corrected chi connectivity index (χ2v) is 11.0. The van der Waals surface area contributed by atoms with Gasteiger partial charge in [-0.05, 0) is 12.8 Å². The molecule has 0 radical (unpaired) electrons. The molecule has 0 aliphatic carbocycles. The van der Waals surface area contributed by atoms with E-state index in [0.717, 1.165) is 0 Å². The van der Waals surface area contributed by atoms with Crippen LogP contribution in [-0.4, -0.2) is 20.3 Å². The van der Waals surface area contributed by atoms with Gasteiger partial charge in [0.2, 0.25) is 0 Å². The smallest absolute Gasteiger partial charge is 0.0841 e. The second-order valence-electron chi connectivity index (χ2n) is 5.43. The van der Waals surface area contributed by atoms with Gasteiger partial charge in [-0.1, -0.05) is 45.5 Å². The molecule has 0 bridgehead atoms. The number of ether oxygens (including phenoxy) is 1. The average Bonchev–Trinajstić information content (AvgIpc) is 2.75. The van der Waals surface area contributed by atoms with Crippen molar-refractivity contribution in [3.05, 3.63) is 0 Å². The van der Waals surface area contributed by atoms with Gasteiger partial charge >= 0.3 is 0 Å². The molecule has 0 aromatic carbocycles. The van der Waals surface area contributed by atoms with Gasteiger partial charge in [0.1, 0.15) is 0 Å². The van der Waals surface area contributed by atoms with E-state index in [1.54, 1.807) is 0 Å². The zero-order valence-electron chi connectivity index (χ0n) is 9.60. The zero-order chi connectivity index (χ0) is 9.90. The second kappa shape index (κ2) is 4.60. The van der Waals surface area contributed by atoms with Gasteiger partial charge in [0.25, 0.3) is 0 Å². The summed E-state index contributed by atoms with van der Waals surface area (Å²) in [4.78, 5) is 0. The first-order valence-electron chi connectivity index (χ1n) is 5.68. The lowest BCUT2D eigenvalue weighted by Crippen LogP contribution is -2.18. The van der Waals surface area contributed by atoms with Crippen molar-refractivity contribution in [1.29, 1.82) is 0 Å². The van der Waals surface area contributed by atoms with Crippen molar-refractivity contribution >= 4 is 8.07 Å². The van der Waals surface area contributed by atoms with E-state index in [1.807, 2.05) is 0 Å². The molecule has 1 fully saturated rings. The van der Waals surface area contributed by atoms with Gasteiger partial charge in [-0.2, -0.15) is 0 Å². The third-order valence-electron chi connectivity index (χ3n) is 2.76. The monoisotopic (exact) mass is 200 g/mol. The quantitative estimate of drug-likeness (QED) is 0.362. The maximum atomic E-state index is 5.51. The van der Waals surface area contributed by atoms with Crippen LogP contribution in [0.15, 0.2) is 0 Å². The highest BCUT2D eigenvalue weighted by atomic mass is 28.3. The topological polar surface area (TPSA) is 12.5 Å². The predicted octanol–water partition coefficient (Wildman–Crippen LogP) is 3.67. The number of unbranched alkanes of at least 4 members (excludes halogenated alkanes) is 1. The predicted molar refractivity (Wildman–Crippen MR) is 61.0 cm³/mol. The van der Waals surface area contributed by atoms with Gasteiger partial charge in [0.05, 0.1) is 12.2 Å². The Balaban J connectivity index is 1.91. The zero-order valence-corrected chi connectivity index (χ0v) is 10.6. The van der Waals surface area contributed by atoms with Crippen LogP contribution in [0.3, 0.4) is 0 Å². The first-order chi connectivity index (χ1) is 6.03. The molecule has 0 N–H and O–H groups in total. The van der Waals surface area contributed by atoms with E-state index in [2.05, 4.69) is 26.6 Å². The van der Waals surface area contributed by atoms with E-state index in [0.29, 0.717) is 12.2 Å². The molecule has 1 nitrogen and oxygen atoms in total. The molecule has 1 aliphatic rings. The van der Waals surface area contributed by atoms with Crippen LogP contribution in [-0.2, 0) is 4.74 Å². The Morgan fingerprint density at radius 2 is 1.77 bits per heavy atom. The highest BCUT2D eigenvalue weighted by Gasteiger charge is 2.35. The van der Waals surface area contributed by atoms with Crippen LogP contribution in [0.4, 0.5) is 0 Å². The van der Waals surface area contributed by atoms with E-state index < -0.39 is 8.07 Å². The van der Waals surface area contributed by atoms with Crippen LogP contribution in [0.25, 0.3) is 0 Å². The molecule has 2 unspecified atom stereocenters. The fraction of sp³-hybridized carbons (Fsp3) is 1.00. The van der Waals surface area contributed by atoms with Gasteiger partial charge in [-0.25, -0.2) is 0 Å². The summed E-state index contributed by atoms with van der Waals surface area (Å²) < 4.78 is 5.51. The number of rotatable bonds is 6. The van der Waals surface area contributed by atoms with Crippen LogP contribution in [0.1, 0.15) is 32.6 Å². The lowest BCUT2D eigenvalue weighted by Gasteiger charge is -2.14. The lowest BCUT2D eigenvalue weighted by atomic mass is 10.1. The van der Waals surface area contributed by atoms with E-state index >= 15 is 0 Å². The average molecular weight is 200 g/mol. The van der Waals surface area contributed by atoms with Crippen molar-refractivity contribution in [3.8, 4) is 0 Å². The number of epoxide rings is 1. The summed E-state index contributed by atoms with van der Waals surface area (Å²) in [5.41, 5.74) is 0. The van der Waals surface area contributed by atoms with Gasteiger partial charge < -0.3 is 4.74 Å². The van der Waals surface area contributed by atoms with Crippen molar-refractivity contribution in [2.75, 3.05) is 0 Å². The van der Waals surface area contributed by atoms with E-state index in [4.69, 9.17) is 4.74 Å². The molecule has 0 spiro atoms. The van der Waals surface area contributed by atoms with Gasteiger partial charge in [-0.15, -0.1) is 0 Å². The summed E-state index contributed by atoms with van der Waals surface area (Å²) in [5, 5.41) is 0. The Morgan fingerprint density at radius 1 is 1.08 bits per heavy atom. The first kappa shape index (κ1) is 11.3.